The number of halogens is 1. The molecule has 4 heteroatoms. The third-order valence-electron chi connectivity index (χ3n) is 4.45. The lowest BCUT2D eigenvalue weighted by Gasteiger charge is -2.32. The van der Waals surface area contributed by atoms with E-state index in [4.69, 9.17) is 10.5 Å². The van der Waals surface area contributed by atoms with Gasteiger partial charge >= 0.3 is 0 Å². The van der Waals surface area contributed by atoms with Crippen molar-refractivity contribution < 1.29 is 4.74 Å². The van der Waals surface area contributed by atoms with Crippen molar-refractivity contribution >= 4 is 12.4 Å². The number of hydrogen-bond acceptors (Lipinski definition) is 3. The Morgan fingerprint density at radius 1 is 1.00 bits per heavy atom. The second-order valence-corrected chi connectivity index (χ2v) is 5.83. The molecule has 2 atom stereocenters. The second kappa shape index (κ2) is 9.04. The molecule has 0 radical (unpaired) electrons. The predicted octanol–water partition coefficient (Wildman–Crippen LogP) is 3.23. The number of rotatable bonds is 5. The Balaban J connectivity index is 0.00000192. The van der Waals surface area contributed by atoms with Gasteiger partial charge < -0.3 is 15.8 Å². The van der Waals surface area contributed by atoms with Crippen LogP contribution in [0.15, 0.2) is 54.6 Å². The van der Waals surface area contributed by atoms with Gasteiger partial charge in [0.25, 0.3) is 0 Å². The van der Waals surface area contributed by atoms with Gasteiger partial charge in [0, 0.05) is 19.0 Å². The molecule has 1 saturated heterocycles. The summed E-state index contributed by atoms with van der Waals surface area (Å²) in [4.78, 5) is 0. The summed E-state index contributed by atoms with van der Waals surface area (Å²) in [5.74, 6) is 0.465. The summed E-state index contributed by atoms with van der Waals surface area (Å²) in [6, 6.07) is 19.0. The molecule has 1 aliphatic heterocycles. The van der Waals surface area contributed by atoms with Gasteiger partial charge in [0.1, 0.15) is 0 Å². The van der Waals surface area contributed by atoms with Crippen LogP contribution in [-0.2, 0) is 17.9 Å². The Kier molecular flexibility index (Phi) is 7.06. The Bertz CT molecular complexity index is 591. The number of hydrogen-bond donors (Lipinski definition) is 2. The van der Waals surface area contributed by atoms with E-state index < -0.39 is 0 Å². The van der Waals surface area contributed by atoms with Crippen LogP contribution in [0.25, 0.3) is 0 Å². The molecule has 0 spiro atoms. The summed E-state index contributed by atoms with van der Waals surface area (Å²) in [5.41, 5.74) is 9.55. The average molecular weight is 333 g/mol. The van der Waals surface area contributed by atoms with Crippen LogP contribution in [-0.4, -0.2) is 19.2 Å². The summed E-state index contributed by atoms with van der Waals surface area (Å²) >= 11 is 0. The number of nitrogens with two attached hydrogens (primary N) is 1. The maximum Gasteiger partial charge on any atom is 0.0772 e. The van der Waals surface area contributed by atoms with Crippen LogP contribution in [0.2, 0.25) is 0 Å². The topological polar surface area (TPSA) is 47.3 Å². The van der Waals surface area contributed by atoms with Crippen molar-refractivity contribution in [3.63, 3.8) is 0 Å². The molecule has 23 heavy (non-hydrogen) atoms. The number of benzene rings is 2. The van der Waals surface area contributed by atoms with Crippen LogP contribution in [0, 0.1) is 0 Å². The van der Waals surface area contributed by atoms with E-state index in [9.17, 15) is 0 Å². The molecular weight excluding hydrogens is 308 g/mol. The van der Waals surface area contributed by atoms with Gasteiger partial charge in [-0.15, -0.1) is 12.4 Å². The van der Waals surface area contributed by atoms with E-state index in [0.717, 1.165) is 19.5 Å². The monoisotopic (exact) mass is 332 g/mol. The minimum atomic E-state index is 0. The summed E-state index contributed by atoms with van der Waals surface area (Å²) in [5, 5.41) is 3.45. The van der Waals surface area contributed by atoms with Gasteiger partial charge in [-0.05, 0) is 29.7 Å². The maximum atomic E-state index is 6.26. The van der Waals surface area contributed by atoms with Crippen LogP contribution in [0.5, 0.6) is 0 Å². The summed E-state index contributed by atoms with van der Waals surface area (Å²) in [6.45, 7) is 3.15. The molecule has 0 aromatic heterocycles. The van der Waals surface area contributed by atoms with Gasteiger partial charge in [0.05, 0.1) is 12.7 Å². The Hall–Kier alpha value is -1.39. The van der Waals surface area contributed by atoms with Gasteiger partial charge in [-0.1, -0.05) is 54.6 Å². The largest absolute Gasteiger partial charge is 0.372 e. The van der Waals surface area contributed by atoms with E-state index in [0.29, 0.717) is 19.1 Å². The molecule has 0 amide bonds. The first-order chi connectivity index (χ1) is 10.9. The standard InChI is InChI=1S/C19H24N2O.ClH/c20-12-16-8-4-5-9-17(16)14-22-19-13-21-11-10-18(19)15-6-2-1-3-7-15;/h1-9,18-19,21H,10-14,20H2;1H. The Morgan fingerprint density at radius 2 is 1.70 bits per heavy atom. The fourth-order valence-corrected chi connectivity index (χ4v) is 3.18. The lowest BCUT2D eigenvalue weighted by atomic mass is 9.88. The molecule has 1 heterocycles. The van der Waals surface area contributed by atoms with E-state index in [-0.39, 0.29) is 18.5 Å². The zero-order valence-corrected chi connectivity index (χ0v) is 14.1. The zero-order chi connectivity index (χ0) is 15.2. The van der Waals surface area contributed by atoms with Crippen LogP contribution < -0.4 is 11.1 Å². The highest BCUT2D eigenvalue weighted by atomic mass is 35.5. The summed E-state index contributed by atoms with van der Waals surface area (Å²) in [7, 11) is 0. The summed E-state index contributed by atoms with van der Waals surface area (Å²) in [6.07, 6.45) is 1.33. The molecule has 0 aliphatic carbocycles. The second-order valence-electron chi connectivity index (χ2n) is 5.83. The van der Waals surface area contributed by atoms with Crippen molar-refractivity contribution in [1.29, 1.82) is 0 Å². The van der Waals surface area contributed by atoms with Gasteiger partial charge in [-0.2, -0.15) is 0 Å². The average Bonchev–Trinajstić information content (AvgIpc) is 2.61. The minimum Gasteiger partial charge on any atom is -0.372 e. The van der Waals surface area contributed by atoms with E-state index in [1.54, 1.807) is 0 Å². The van der Waals surface area contributed by atoms with E-state index >= 15 is 0 Å². The molecule has 1 aliphatic rings. The highest BCUT2D eigenvalue weighted by Gasteiger charge is 2.27. The van der Waals surface area contributed by atoms with Crippen molar-refractivity contribution in [2.75, 3.05) is 13.1 Å². The van der Waals surface area contributed by atoms with Crippen LogP contribution >= 0.6 is 12.4 Å². The summed E-state index contributed by atoms with van der Waals surface area (Å²) < 4.78 is 6.26. The molecule has 2 aromatic rings. The molecule has 1 fully saturated rings. The maximum absolute atomic E-state index is 6.26. The molecule has 0 saturated carbocycles. The molecule has 0 bridgehead atoms. The van der Waals surface area contributed by atoms with Crippen molar-refractivity contribution in [3.8, 4) is 0 Å². The minimum absolute atomic E-state index is 0. The van der Waals surface area contributed by atoms with Crippen molar-refractivity contribution in [2.24, 2.45) is 5.73 Å². The number of ether oxygens (including phenoxy) is 1. The fraction of sp³-hybridized carbons (Fsp3) is 0.368. The molecule has 3 rings (SSSR count). The van der Waals surface area contributed by atoms with Gasteiger partial charge in [-0.25, -0.2) is 0 Å². The first-order valence-corrected chi connectivity index (χ1v) is 8.02. The Labute approximate surface area is 144 Å². The first-order valence-electron chi connectivity index (χ1n) is 8.02. The lowest BCUT2D eigenvalue weighted by molar-refractivity contribution is 0.0103. The fourth-order valence-electron chi connectivity index (χ4n) is 3.18. The normalized spacial score (nSPS) is 20.7. The molecule has 3 nitrogen and oxygen atoms in total. The smallest absolute Gasteiger partial charge is 0.0772 e. The van der Waals surface area contributed by atoms with Crippen molar-refractivity contribution in [1.82, 2.24) is 5.32 Å². The third-order valence-corrected chi connectivity index (χ3v) is 4.45. The van der Waals surface area contributed by atoms with Gasteiger partial charge in [0.2, 0.25) is 0 Å². The number of piperidine rings is 1. The quantitative estimate of drug-likeness (QED) is 0.883. The van der Waals surface area contributed by atoms with Crippen LogP contribution in [0.4, 0.5) is 0 Å². The van der Waals surface area contributed by atoms with E-state index in [1.807, 2.05) is 12.1 Å². The molecule has 124 valence electrons. The van der Waals surface area contributed by atoms with Gasteiger partial charge in [-0.3, -0.25) is 0 Å². The predicted molar refractivity (Wildman–Crippen MR) is 96.8 cm³/mol. The zero-order valence-electron chi connectivity index (χ0n) is 13.3. The molecule has 2 unspecified atom stereocenters. The van der Waals surface area contributed by atoms with Crippen LogP contribution in [0.1, 0.15) is 29.0 Å². The first kappa shape index (κ1) is 18.0. The van der Waals surface area contributed by atoms with E-state index in [2.05, 4.69) is 47.8 Å². The molecule has 2 aromatic carbocycles. The third kappa shape index (κ3) is 4.55. The Morgan fingerprint density at radius 3 is 2.43 bits per heavy atom. The highest BCUT2D eigenvalue weighted by molar-refractivity contribution is 5.85. The molecule has 3 N–H and O–H groups in total. The highest BCUT2D eigenvalue weighted by Crippen LogP contribution is 2.28. The van der Waals surface area contributed by atoms with Crippen molar-refractivity contribution in [3.05, 3.63) is 71.3 Å². The van der Waals surface area contributed by atoms with Gasteiger partial charge in [0.15, 0.2) is 0 Å². The van der Waals surface area contributed by atoms with E-state index in [1.165, 1.54) is 16.7 Å². The molecular formula is C19H25ClN2O. The SMILES string of the molecule is Cl.NCc1ccccc1COC1CNCCC1c1ccccc1. The van der Waals surface area contributed by atoms with Crippen molar-refractivity contribution in [2.45, 2.75) is 31.6 Å². The number of nitrogens with one attached hydrogen (secondary N) is 1. The lowest BCUT2D eigenvalue weighted by Crippen LogP contribution is -2.41. The van der Waals surface area contributed by atoms with Crippen LogP contribution in [0.3, 0.4) is 0 Å².